The highest BCUT2D eigenvalue weighted by Gasteiger charge is 2.14. The number of carbonyl (C=O) groups is 1. The van der Waals surface area contributed by atoms with Crippen molar-refractivity contribution in [1.29, 1.82) is 0 Å². The van der Waals surface area contributed by atoms with E-state index in [2.05, 4.69) is 40.1 Å². The van der Waals surface area contributed by atoms with E-state index in [1.807, 2.05) is 13.0 Å². The molecule has 0 aliphatic carbocycles. The summed E-state index contributed by atoms with van der Waals surface area (Å²) in [5, 5.41) is 2.95. The molecule has 16 heavy (non-hydrogen) atoms. The van der Waals surface area contributed by atoms with Crippen molar-refractivity contribution in [3.8, 4) is 0 Å². The zero-order valence-corrected chi connectivity index (χ0v) is 11.4. The number of carbonyl (C=O) groups excluding carboxylic acids is 1. The van der Waals surface area contributed by atoms with E-state index in [0.717, 1.165) is 10.9 Å². The van der Waals surface area contributed by atoms with Crippen molar-refractivity contribution in [2.75, 3.05) is 0 Å². The highest BCUT2D eigenvalue weighted by molar-refractivity contribution is 9.10. The quantitative estimate of drug-likeness (QED) is 0.924. The zero-order valence-electron chi connectivity index (χ0n) is 9.83. The number of nitrogens with one attached hydrogen (secondary N) is 1. The third kappa shape index (κ3) is 3.59. The Hall–Kier alpha value is -0.900. The van der Waals surface area contributed by atoms with Gasteiger partial charge in [-0.15, -0.1) is 0 Å². The highest BCUT2D eigenvalue weighted by atomic mass is 79.9. The molecule has 1 N–H and O–H groups in total. The maximum atomic E-state index is 11.8. The van der Waals surface area contributed by atoms with Gasteiger partial charge in [-0.25, -0.2) is 4.98 Å². The number of hydrogen-bond acceptors (Lipinski definition) is 2. The van der Waals surface area contributed by atoms with E-state index in [-0.39, 0.29) is 11.9 Å². The van der Waals surface area contributed by atoms with Gasteiger partial charge in [0.1, 0.15) is 5.69 Å². The van der Waals surface area contributed by atoms with Crippen LogP contribution in [0, 0.1) is 5.92 Å². The van der Waals surface area contributed by atoms with Gasteiger partial charge in [0.2, 0.25) is 0 Å². The minimum atomic E-state index is -0.111. The largest absolute Gasteiger partial charge is 0.348 e. The summed E-state index contributed by atoms with van der Waals surface area (Å²) >= 11 is 3.29. The van der Waals surface area contributed by atoms with E-state index in [1.54, 1.807) is 12.3 Å². The summed E-state index contributed by atoms with van der Waals surface area (Å²) in [4.78, 5) is 15.9. The third-order valence-electron chi connectivity index (χ3n) is 2.82. The van der Waals surface area contributed by atoms with Crippen LogP contribution < -0.4 is 5.32 Å². The minimum Gasteiger partial charge on any atom is -0.348 e. The monoisotopic (exact) mass is 284 g/mol. The molecule has 0 spiro atoms. The van der Waals surface area contributed by atoms with E-state index in [9.17, 15) is 4.79 Å². The van der Waals surface area contributed by atoms with Crippen LogP contribution in [0.3, 0.4) is 0 Å². The first-order chi connectivity index (χ1) is 7.54. The van der Waals surface area contributed by atoms with Crippen molar-refractivity contribution in [2.24, 2.45) is 5.92 Å². The van der Waals surface area contributed by atoms with Crippen LogP contribution in [-0.4, -0.2) is 16.9 Å². The van der Waals surface area contributed by atoms with Crippen LogP contribution in [0.2, 0.25) is 0 Å². The number of nitrogens with zero attached hydrogens (tertiary/aromatic N) is 1. The summed E-state index contributed by atoms with van der Waals surface area (Å²) in [6.45, 7) is 6.26. The maximum absolute atomic E-state index is 11.8. The molecule has 2 unspecified atom stereocenters. The summed E-state index contributed by atoms with van der Waals surface area (Å²) in [6.07, 6.45) is 2.68. The van der Waals surface area contributed by atoms with Gasteiger partial charge >= 0.3 is 0 Å². The third-order valence-corrected chi connectivity index (χ3v) is 3.29. The number of hydrogen-bond donors (Lipinski definition) is 1. The summed E-state index contributed by atoms with van der Waals surface area (Å²) in [6, 6.07) is 3.70. The molecule has 0 radical (unpaired) electrons. The van der Waals surface area contributed by atoms with Crippen LogP contribution in [0.25, 0.3) is 0 Å². The van der Waals surface area contributed by atoms with Crippen molar-refractivity contribution in [2.45, 2.75) is 33.2 Å². The second kappa shape index (κ2) is 5.99. The number of rotatable bonds is 4. The first kappa shape index (κ1) is 13.2. The molecule has 88 valence electrons. The molecule has 0 aliphatic heterocycles. The van der Waals surface area contributed by atoms with Crippen molar-refractivity contribution in [3.05, 3.63) is 28.5 Å². The van der Waals surface area contributed by atoms with Crippen LogP contribution in [0.5, 0.6) is 0 Å². The Labute approximate surface area is 105 Å². The molecular formula is C12H17BrN2O. The zero-order chi connectivity index (χ0) is 12.1. The molecule has 1 heterocycles. The molecule has 2 atom stereocenters. The first-order valence-electron chi connectivity index (χ1n) is 5.47. The first-order valence-corrected chi connectivity index (χ1v) is 6.26. The lowest BCUT2D eigenvalue weighted by atomic mass is 10.0. The number of aromatic nitrogens is 1. The van der Waals surface area contributed by atoms with Crippen LogP contribution in [0.15, 0.2) is 22.8 Å². The highest BCUT2D eigenvalue weighted by Crippen LogP contribution is 2.09. The molecule has 1 aromatic heterocycles. The Morgan fingerprint density at radius 3 is 2.69 bits per heavy atom. The van der Waals surface area contributed by atoms with E-state index < -0.39 is 0 Å². The van der Waals surface area contributed by atoms with Crippen molar-refractivity contribution < 1.29 is 4.79 Å². The van der Waals surface area contributed by atoms with Gasteiger partial charge in [0.25, 0.3) is 5.91 Å². The second-order valence-electron chi connectivity index (χ2n) is 4.01. The van der Waals surface area contributed by atoms with Crippen molar-refractivity contribution >= 4 is 21.8 Å². The molecule has 0 aliphatic rings. The molecule has 0 fully saturated rings. The normalized spacial score (nSPS) is 14.2. The van der Waals surface area contributed by atoms with Crippen molar-refractivity contribution in [1.82, 2.24) is 10.3 Å². The number of pyridine rings is 1. The average Bonchev–Trinajstić information content (AvgIpc) is 2.28. The van der Waals surface area contributed by atoms with Gasteiger partial charge in [-0.2, -0.15) is 0 Å². The average molecular weight is 285 g/mol. The molecule has 0 saturated heterocycles. The predicted molar refractivity (Wildman–Crippen MR) is 68.3 cm³/mol. The lowest BCUT2D eigenvalue weighted by molar-refractivity contribution is 0.0923. The fourth-order valence-corrected chi connectivity index (χ4v) is 1.52. The standard InChI is InChI=1S/C12H17BrN2O/c1-4-8(2)9(3)15-12(16)11-6-5-10(13)7-14-11/h5-9H,4H2,1-3H3,(H,15,16). The topological polar surface area (TPSA) is 42.0 Å². The molecule has 1 amide bonds. The summed E-state index contributed by atoms with van der Waals surface area (Å²) in [5.74, 6) is 0.361. The number of amides is 1. The van der Waals surface area contributed by atoms with Crippen LogP contribution in [0.4, 0.5) is 0 Å². The lowest BCUT2D eigenvalue weighted by Crippen LogP contribution is -2.37. The molecule has 0 aromatic carbocycles. The molecule has 4 heteroatoms. The fourth-order valence-electron chi connectivity index (χ4n) is 1.29. The van der Waals surface area contributed by atoms with E-state index >= 15 is 0 Å². The van der Waals surface area contributed by atoms with Gasteiger partial charge in [-0.3, -0.25) is 4.79 Å². The summed E-state index contributed by atoms with van der Waals surface area (Å²) < 4.78 is 0.874. The minimum absolute atomic E-state index is 0.111. The Balaban J connectivity index is 2.62. The van der Waals surface area contributed by atoms with Gasteiger partial charge < -0.3 is 5.32 Å². The van der Waals surface area contributed by atoms with Gasteiger partial charge in [-0.05, 0) is 40.9 Å². The smallest absolute Gasteiger partial charge is 0.270 e. The van der Waals surface area contributed by atoms with E-state index in [1.165, 1.54) is 0 Å². The van der Waals surface area contributed by atoms with E-state index in [4.69, 9.17) is 0 Å². The molecule has 1 rings (SSSR count). The number of halogens is 1. The molecule has 3 nitrogen and oxygen atoms in total. The second-order valence-corrected chi connectivity index (χ2v) is 4.93. The Morgan fingerprint density at radius 2 is 2.19 bits per heavy atom. The summed E-state index contributed by atoms with van der Waals surface area (Å²) in [7, 11) is 0. The molecule has 0 saturated carbocycles. The predicted octanol–water partition coefficient (Wildman–Crippen LogP) is 3.01. The van der Waals surface area contributed by atoms with Gasteiger partial charge in [0.05, 0.1) is 0 Å². The fraction of sp³-hybridized carbons (Fsp3) is 0.500. The maximum Gasteiger partial charge on any atom is 0.270 e. The van der Waals surface area contributed by atoms with Crippen LogP contribution in [0.1, 0.15) is 37.7 Å². The van der Waals surface area contributed by atoms with Crippen molar-refractivity contribution in [3.63, 3.8) is 0 Å². The van der Waals surface area contributed by atoms with Crippen LogP contribution in [-0.2, 0) is 0 Å². The summed E-state index contributed by atoms with van der Waals surface area (Å²) in [5.41, 5.74) is 0.457. The lowest BCUT2D eigenvalue weighted by Gasteiger charge is -2.19. The van der Waals surface area contributed by atoms with Gasteiger partial charge in [-0.1, -0.05) is 20.3 Å². The Bertz CT molecular complexity index is 351. The molecule has 0 bridgehead atoms. The Morgan fingerprint density at radius 1 is 1.50 bits per heavy atom. The van der Waals surface area contributed by atoms with Gasteiger partial charge in [0.15, 0.2) is 0 Å². The van der Waals surface area contributed by atoms with Crippen LogP contribution >= 0.6 is 15.9 Å². The SMILES string of the molecule is CCC(C)C(C)NC(=O)c1ccc(Br)cn1. The molecule has 1 aromatic rings. The Kier molecular flexibility index (Phi) is 4.93. The van der Waals surface area contributed by atoms with E-state index in [0.29, 0.717) is 11.6 Å². The molecular weight excluding hydrogens is 268 g/mol. The van der Waals surface area contributed by atoms with Gasteiger partial charge in [0, 0.05) is 16.7 Å².